The van der Waals surface area contributed by atoms with E-state index < -0.39 is 0 Å². The molecule has 232 valence electrons. The minimum atomic E-state index is -0.0927. The van der Waals surface area contributed by atoms with E-state index in [1.165, 1.54) is 29.6 Å². The number of aryl methyl sites for hydroxylation is 1. The lowest BCUT2D eigenvalue weighted by Crippen LogP contribution is -2.37. The molecule has 1 aliphatic rings. The topological polar surface area (TPSA) is 73.7 Å². The highest BCUT2D eigenvalue weighted by Gasteiger charge is 2.27. The van der Waals surface area contributed by atoms with Gasteiger partial charge in [0.15, 0.2) is 0 Å². The first-order chi connectivity index (χ1) is 20.9. The van der Waals surface area contributed by atoms with Crippen molar-refractivity contribution in [2.75, 3.05) is 25.1 Å². The third-order valence-electron chi connectivity index (χ3n) is 8.24. The molecule has 0 fully saturated rings. The predicted molar refractivity (Wildman–Crippen MR) is 183 cm³/mol. The van der Waals surface area contributed by atoms with Crippen LogP contribution < -0.4 is 10.6 Å². The van der Waals surface area contributed by atoms with Crippen molar-refractivity contribution >= 4 is 17.3 Å². The predicted octanol–water partition coefficient (Wildman–Crippen LogP) is 8.40. The van der Waals surface area contributed by atoms with Gasteiger partial charge in [0.05, 0.1) is 6.61 Å². The van der Waals surface area contributed by atoms with Crippen molar-refractivity contribution in [1.82, 2.24) is 5.32 Å². The van der Waals surface area contributed by atoms with Gasteiger partial charge in [-0.2, -0.15) is 0 Å². The fraction of sp³-hybridized carbons (Fsp3) is 0.474. The van der Waals surface area contributed by atoms with Crippen LogP contribution in [0.3, 0.4) is 0 Å². The highest BCUT2D eigenvalue weighted by atomic mass is 16.3. The van der Waals surface area contributed by atoms with Gasteiger partial charge in [0, 0.05) is 29.8 Å². The molecule has 0 aliphatic heterocycles. The summed E-state index contributed by atoms with van der Waals surface area (Å²) >= 11 is 0. The Balaban J connectivity index is 1.57. The molecule has 1 amide bonds. The molecule has 2 aromatic rings. The number of unbranched alkanes of at least 4 members (excludes halogenated alkanes) is 3. The van der Waals surface area contributed by atoms with Gasteiger partial charge in [0.2, 0.25) is 5.91 Å². The zero-order chi connectivity index (χ0) is 30.9. The van der Waals surface area contributed by atoms with Gasteiger partial charge in [-0.15, -0.1) is 0 Å². The van der Waals surface area contributed by atoms with Gasteiger partial charge in [-0.3, -0.25) is 9.79 Å². The number of carbonyl (C=O) groups excluding carboxylic acids is 1. The van der Waals surface area contributed by atoms with Crippen molar-refractivity contribution in [2.24, 2.45) is 16.8 Å². The van der Waals surface area contributed by atoms with E-state index in [2.05, 4.69) is 85.0 Å². The summed E-state index contributed by atoms with van der Waals surface area (Å²) in [6.07, 6.45) is 17.2. The minimum Gasteiger partial charge on any atom is -0.396 e. The standard InChI is InChI=1S/C38H53N3O2/c1-5-6-7-11-17-36(38(43)39-26-35(27-42)32-14-9-8-10-15-32)33-22-19-31(20-23-33)21-24-34-16-12-13-18-37(34)41-28-40-30(4)25-29(2)3/h8-10,12-16,18-20,22,25,33,35-36,41-42H,5-7,11,17,21,23-24,26-28H2,1-4H3,(H,39,43)/b40-30-/t33?,35-,36?/m0/s1. The molecule has 2 unspecified atom stereocenters. The van der Waals surface area contributed by atoms with Crippen LogP contribution in [0.1, 0.15) is 89.7 Å². The lowest BCUT2D eigenvalue weighted by atomic mass is 9.81. The van der Waals surface area contributed by atoms with E-state index in [1.807, 2.05) is 37.3 Å². The molecular weight excluding hydrogens is 530 g/mol. The maximum atomic E-state index is 13.5. The molecule has 0 aromatic heterocycles. The van der Waals surface area contributed by atoms with E-state index in [9.17, 15) is 9.90 Å². The average molecular weight is 584 g/mol. The Hall–Kier alpha value is -3.44. The van der Waals surface area contributed by atoms with Crippen LogP contribution in [-0.4, -0.2) is 36.5 Å². The quantitative estimate of drug-likeness (QED) is 0.122. The van der Waals surface area contributed by atoms with Crippen molar-refractivity contribution < 1.29 is 9.90 Å². The summed E-state index contributed by atoms with van der Waals surface area (Å²) in [5.74, 6) is 0.163. The second-order valence-corrected chi connectivity index (χ2v) is 12.0. The summed E-state index contributed by atoms with van der Waals surface area (Å²) in [6, 6.07) is 18.4. The highest BCUT2D eigenvalue weighted by Crippen LogP contribution is 2.30. The van der Waals surface area contributed by atoms with Crippen molar-refractivity contribution in [3.05, 3.63) is 101 Å². The number of allylic oxidation sites excluding steroid dienone is 6. The van der Waals surface area contributed by atoms with Gasteiger partial charge in [-0.05, 0) is 75.6 Å². The lowest BCUT2D eigenvalue weighted by Gasteiger charge is -2.27. The molecule has 3 N–H and O–H groups in total. The lowest BCUT2D eigenvalue weighted by molar-refractivity contribution is -0.126. The molecule has 3 atom stereocenters. The number of benzene rings is 2. The van der Waals surface area contributed by atoms with E-state index in [1.54, 1.807) is 0 Å². The zero-order valence-electron chi connectivity index (χ0n) is 26.8. The van der Waals surface area contributed by atoms with Crippen molar-refractivity contribution in [3.63, 3.8) is 0 Å². The van der Waals surface area contributed by atoms with Crippen LogP contribution in [0.15, 0.2) is 95.0 Å². The van der Waals surface area contributed by atoms with Crippen molar-refractivity contribution in [3.8, 4) is 0 Å². The molecular formula is C38H53N3O2. The fourth-order valence-corrected chi connectivity index (χ4v) is 5.77. The molecule has 0 heterocycles. The molecule has 0 saturated carbocycles. The molecule has 0 saturated heterocycles. The monoisotopic (exact) mass is 583 g/mol. The largest absolute Gasteiger partial charge is 0.396 e. The normalized spacial score (nSPS) is 16.3. The Labute approximate surface area is 260 Å². The van der Waals surface area contributed by atoms with Crippen molar-refractivity contribution in [2.45, 2.75) is 85.0 Å². The number of carbonyl (C=O) groups is 1. The SMILES string of the molecule is CCCCCCC(C(=O)NC[C@@H](CO)c1ccccc1)C1C=CC(CCc2ccccc2NC/N=C(/C)C=C(C)C)=CC1. The highest BCUT2D eigenvalue weighted by molar-refractivity contribution is 5.93. The van der Waals surface area contributed by atoms with Crippen LogP contribution in [0.2, 0.25) is 0 Å². The number of aliphatic imine (C=N–C) groups is 1. The smallest absolute Gasteiger partial charge is 0.223 e. The van der Waals surface area contributed by atoms with Gasteiger partial charge in [-0.1, -0.05) is 111 Å². The number of nitrogens with zero attached hydrogens (tertiary/aromatic N) is 1. The summed E-state index contributed by atoms with van der Waals surface area (Å²) in [4.78, 5) is 18.1. The molecule has 43 heavy (non-hydrogen) atoms. The molecule has 0 radical (unpaired) electrons. The zero-order valence-corrected chi connectivity index (χ0v) is 26.8. The van der Waals surface area contributed by atoms with Crippen LogP contribution in [0.5, 0.6) is 0 Å². The number of aliphatic hydroxyl groups excluding tert-OH is 1. The van der Waals surface area contributed by atoms with E-state index in [0.29, 0.717) is 13.2 Å². The first kappa shape index (κ1) is 34.1. The van der Waals surface area contributed by atoms with Gasteiger partial charge in [-0.25, -0.2) is 0 Å². The first-order valence-corrected chi connectivity index (χ1v) is 16.2. The second-order valence-electron chi connectivity index (χ2n) is 12.0. The Morgan fingerprint density at radius 3 is 2.49 bits per heavy atom. The van der Waals surface area contributed by atoms with E-state index in [-0.39, 0.29) is 30.3 Å². The Kier molecular flexibility index (Phi) is 15.0. The van der Waals surface area contributed by atoms with Crippen LogP contribution in [0.4, 0.5) is 5.69 Å². The molecule has 2 aromatic carbocycles. The number of amides is 1. The van der Waals surface area contributed by atoms with E-state index in [0.717, 1.165) is 55.5 Å². The summed E-state index contributed by atoms with van der Waals surface area (Å²) in [6.45, 7) is 9.45. The van der Waals surface area contributed by atoms with Crippen molar-refractivity contribution in [1.29, 1.82) is 0 Å². The third kappa shape index (κ3) is 12.0. The number of hydrogen-bond donors (Lipinski definition) is 3. The maximum absolute atomic E-state index is 13.5. The number of nitrogens with one attached hydrogen (secondary N) is 2. The molecule has 0 bridgehead atoms. The van der Waals surface area contributed by atoms with E-state index in [4.69, 9.17) is 0 Å². The summed E-state index contributed by atoms with van der Waals surface area (Å²) in [5, 5.41) is 16.7. The molecule has 5 heteroatoms. The molecule has 5 nitrogen and oxygen atoms in total. The summed E-state index contributed by atoms with van der Waals surface area (Å²) in [5.41, 5.74) is 7.09. The van der Waals surface area contributed by atoms with Gasteiger partial charge in [0.1, 0.15) is 6.67 Å². The molecule has 1 aliphatic carbocycles. The van der Waals surface area contributed by atoms with Crippen LogP contribution in [0, 0.1) is 11.8 Å². The Morgan fingerprint density at radius 1 is 1.02 bits per heavy atom. The third-order valence-corrected chi connectivity index (χ3v) is 8.24. The minimum absolute atomic E-state index is 0.0162. The number of para-hydroxylation sites is 1. The number of rotatable bonds is 18. The van der Waals surface area contributed by atoms with Crippen LogP contribution >= 0.6 is 0 Å². The summed E-state index contributed by atoms with van der Waals surface area (Å²) < 4.78 is 0. The van der Waals surface area contributed by atoms with Gasteiger partial charge < -0.3 is 15.7 Å². The Bertz CT molecular complexity index is 1240. The number of hydrogen-bond acceptors (Lipinski definition) is 4. The Morgan fingerprint density at radius 2 is 1.79 bits per heavy atom. The average Bonchev–Trinajstić information content (AvgIpc) is 3.01. The van der Waals surface area contributed by atoms with Crippen LogP contribution in [-0.2, 0) is 11.2 Å². The van der Waals surface area contributed by atoms with Gasteiger partial charge in [0.25, 0.3) is 0 Å². The molecule has 0 spiro atoms. The van der Waals surface area contributed by atoms with E-state index >= 15 is 0 Å². The van der Waals surface area contributed by atoms with Crippen LogP contribution in [0.25, 0.3) is 0 Å². The fourth-order valence-electron chi connectivity index (χ4n) is 5.77. The molecule has 3 rings (SSSR count). The second kappa shape index (κ2) is 19.0. The first-order valence-electron chi connectivity index (χ1n) is 16.2. The van der Waals surface area contributed by atoms with Gasteiger partial charge >= 0.3 is 0 Å². The maximum Gasteiger partial charge on any atom is 0.223 e. The summed E-state index contributed by atoms with van der Waals surface area (Å²) in [7, 11) is 0. The number of anilines is 1. The number of aliphatic hydroxyl groups is 1.